The van der Waals surface area contributed by atoms with E-state index in [2.05, 4.69) is 32.9 Å². The first-order chi connectivity index (χ1) is 8.83. The van der Waals surface area contributed by atoms with Crippen molar-refractivity contribution in [3.05, 3.63) is 22.9 Å². The van der Waals surface area contributed by atoms with Gasteiger partial charge in [0, 0.05) is 0 Å². The highest BCUT2D eigenvalue weighted by Crippen LogP contribution is 2.30. The van der Waals surface area contributed by atoms with Crippen LogP contribution in [0.5, 0.6) is 0 Å². The number of unbranched alkanes of at least 4 members (excludes halogenated alkanes) is 3. The Labute approximate surface area is 116 Å². The molecule has 0 atom stereocenters. The Hall–Kier alpha value is -0.303. The first-order valence-electron chi connectivity index (χ1n) is 8.13. The lowest BCUT2D eigenvalue weighted by atomic mass is 10.1. The van der Waals surface area contributed by atoms with E-state index in [0.29, 0.717) is 0 Å². The number of hydrogen-bond acceptors (Lipinski definition) is 0. The first kappa shape index (κ1) is 15.8. The summed E-state index contributed by atoms with van der Waals surface area (Å²) in [6.07, 6.45) is 16.9. The molecule has 18 heavy (non-hydrogen) atoms. The van der Waals surface area contributed by atoms with Crippen LogP contribution in [-0.2, 0) is 0 Å². The van der Waals surface area contributed by atoms with Crippen LogP contribution in [0.4, 0.5) is 0 Å². The Bertz CT molecular complexity index is 267. The summed E-state index contributed by atoms with van der Waals surface area (Å²) in [6.45, 7) is 6.95. The van der Waals surface area contributed by atoms with Gasteiger partial charge in [0.1, 0.15) is 0 Å². The van der Waals surface area contributed by atoms with Crippen molar-refractivity contribution in [2.45, 2.75) is 84.2 Å². The van der Waals surface area contributed by atoms with E-state index >= 15 is 0 Å². The monoisotopic (exact) mass is 263 g/mol. The largest absolute Gasteiger partial charge is 0.0770 e. The fourth-order valence-electron chi connectivity index (χ4n) is 2.85. The minimum atomic E-state index is -0.685. The average Bonchev–Trinajstić information content (AvgIpc) is 2.85. The Balaban J connectivity index is 2.56. The summed E-state index contributed by atoms with van der Waals surface area (Å²) in [5, 5.41) is 1.74. The van der Waals surface area contributed by atoms with E-state index in [0.717, 1.165) is 6.42 Å². The van der Waals surface area contributed by atoms with Gasteiger partial charge < -0.3 is 0 Å². The third-order valence-corrected chi connectivity index (χ3v) is 7.61. The van der Waals surface area contributed by atoms with Crippen LogP contribution in [0.25, 0.3) is 0 Å². The predicted molar refractivity (Wildman–Crippen MR) is 85.6 cm³/mol. The van der Waals surface area contributed by atoms with E-state index < -0.39 is 8.80 Å². The van der Waals surface area contributed by atoms with E-state index in [9.17, 15) is 0 Å². The lowest BCUT2D eigenvalue weighted by Gasteiger charge is -2.19. The van der Waals surface area contributed by atoms with Crippen molar-refractivity contribution in [2.24, 2.45) is 0 Å². The van der Waals surface area contributed by atoms with Crippen LogP contribution in [0.1, 0.15) is 72.1 Å². The van der Waals surface area contributed by atoms with Crippen molar-refractivity contribution >= 4 is 8.80 Å². The van der Waals surface area contributed by atoms with E-state index in [1.807, 2.05) is 0 Å². The van der Waals surface area contributed by atoms with E-state index in [4.69, 9.17) is 0 Å². The molecule has 0 heterocycles. The molecule has 1 heteroatoms. The van der Waals surface area contributed by atoms with Crippen LogP contribution in [0, 0.1) is 6.08 Å². The molecule has 1 aliphatic carbocycles. The lowest BCUT2D eigenvalue weighted by Crippen LogP contribution is -2.17. The maximum absolute atomic E-state index is 3.72. The molecule has 0 aromatic heterocycles. The Morgan fingerprint density at radius 2 is 1.61 bits per heavy atom. The molecule has 0 saturated heterocycles. The van der Waals surface area contributed by atoms with Crippen molar-refractivity contribution < 1.29 is 0 Å². The maximum atomic E-state index is 3.72. The quantitative estimate of drug-likeness (QED) is 0.450. The summed E-state index contributed by atoms with van der Waals surface area (Å²) in [7, 11) is -0.685. The Morgan fingerprint density at radius 3 is 2.17 bits per heavy atom. The second kappa shape index (κ2) is 9.60. The van der Waals surface area contributed by atoms with E-state index in [-0.39, 0.29) is 0 Å². The van der Waals surface area contributed by atoms with Gasteiger partial charge in [-0.3, -0.25) is 0 Å². The number of hydrogen-bond donors (Lipinski definition) is 0. The Kier molecular flexibility index (Phi) is 8.41. The van der Waals surface area contributed by atoms with Crippen molar-refractivity contribution in [3.8, 4) is 0 Å². The zero-order valence-electron chi connectivity index (χ0n) is 12.7. The van der Waals surface area contributed by atoms with Crippen LogP contribution in [-0.4, -0.2) is 8.80 Å². The zero-order valence-corrected chi connectivity index (χ0v) is 13.9. The first-order valence-corrected chi connectivity index (χ1v) is 10.3. The van der Waals surface area contributed by atoms with Gasteiger partial charge in [0.2, 0.25) is 0 Å². The standard InChI is InChI=1S/C17H31Si/c1-4-7-11-16-12-10-13-17(16)18(14-8-5-2)15-9-6-3/h12,18H,4-11,14-15H2,1-3H3. The fraction of sp³-hybridized carbons (Fsp3) is 0.765. The highest BCUT2D eigenvalue weighted by molar-refractivity contribution is 6.67. The minimum absolute atomic E-state index is 0.685. The van der Waals surface area contributed by atoms with Gasteiger partial charge in [-0.2, -0.15) is 0 Å². The predicted octanol–water partition coefficient (Wildman–Crippen LogP) is 5.60. The maximum Gasteiger partial charge on any atom is 0.0715 e. The van der Waals surface area contributed by atoms with Gasteiger partial charge in [-0.1, -0.05) is 81.8 Å². The molecule has 1 radical (unpaired) electrons. The highest BCUT2D eigenvalue weighted by atomic mass is 28.3. The molecular weight excluding hydrogens is 232 g/mol. The molecule has 0 unspecified atom stereocenters. The molecule has 0 bridgehead atoms. The second-order valence-corrected chi connectivity index (χ2v) is 8.73. The topological polar surface area (TPSA) is 0 Å². The molecule has 0 nitrogen and oxygen atoms in total. The molecule has 0 amide bonds. The number of rotatable bonds is 10. The van der Waals surface area contributed by atoms with Gasteiger partial charge in [-0.15, -0.1) is 0 Å². The van der Waals surface area contributed by atoms with Crippen molar-refractivity contribution in [3.63, 3.8) is 0 Å². The average molecular weight is 264 g/mol. The normalized spacial score (nSPS) is 15.1. The minimum Gasteiger partial charge on any atom is -0.0770 e. The van der Waals surface area contributed by atoms with E-state index in [1.54, 1.807) is 10.8 Å². The summed E-state index contributed by atoms with van der Waals surface area (Å²) in [5.41, 5.74) is 1.70. The van der Waals surface area contributed by atoms with Crippen molar-refractivity contribution in [1.29, 1.82) is 0 Å². The van der Waals surface area contributed by atoms with Gasteiger partial charge in [0.25, 0.3) is 0 Å². The summed E-state index contributed by atoms with van der Waals surface area (Å²) in [6, 6.07) is 3.03. The number of allylic oxidation sites excluding steroid dienone is 4. The van der Waals surface area contributed by atoms with Gasteiger partial charge in [-0.05, 0) is 25.3 Å². The molecule has 0 aromatic carbocycles. The molecule has 1 rings (SSSR count). The van der Waals surface area contributed by atoms with Crippen LogP contribution >= 0.6 is 0 Å². The fourth-order valence-corrected chi connectivity index (χ4v) is 6.71. The van der Waals surface area contributed by atoms with Crippen LogP contribution < -0.4 is 0 Å². The zero-order chi connectivity index (χ0) is 13.2. The summed E-state index contributed by atoms with van der Waals surface area (Å²) in [5.74, 6) is 0. The molecule has 0 saturated carbocycles. The summed E-state index contributed by atoms with van der Waals surface area (Å²) >= 11 is 0. The smallest absolute Gasteiger partial charge is 0.0715 e. The molecule has 1 aliphatic rings. The summed E-state index contributed by atoms with van der Waals surface area (Å²) in [4.78, 5) is 0. The van der Waals surface area contributed by atoms with Crippen LogP contribution in [0.3, 0.4) is 0 Å². The molecule has 0 spiro atoms. The third kappa shape index (κ3) is 5.13. The highest BCUT2D eigenvalue weighted by Gasteiger charge is 2.20. The molecule has 0 fully saturated rings. The molecule has 0 aliphatic heterocycles. The van der Waals surface area contributed by atoms with Gasteiger partial charge in [0.05, 0.1) is 8.80 Å². The van der Waals surface area contributed by atoms with Crippen LogP contribution in [0.2, 0.25) is 12.1 Å². The molecular formula is C17H31Si. The second-order valence-electron chi connectivity index (χ2n) is 5.61. The molecule has 0 aromatic rings. The molecule has 0 N–H and O–H groups in total. The Morgan fingerprint density at radius 1 is 1.00 bits per heavy atom. The summed E-state index contributed by atoms with van der Waals surface area (Å²) < 4.78 is 0. The van der Waals surface area contributed by atoms with E-state index in [1.165, 1.54) is 57.0 Å². The van der Waals surface area contributed by atoms with Crippen molar-refractivity contribution in [1.82, 2.24) is 0 Å². The van der Waals surface area contributed by atoms with Crippen molar-refractivity contribution in [2.75, 3.05) is 0 Å². The molecule has 103 valence electrons. The lowest BCUT2D eigenvalue weighted by molar-refractivity contribution is 0.794. The van der Waals surface area contributed by atoms with Gasteiger partial charge in [0.15, 0.2) is 0 Å². The van der Waals surface area contributed by atoms with Crippen LogP contribution in [0.15, 0.2) is 16.8 Å². The SMILES string of the molecule is CCCCC1=CC[C]=C1[SiH](CCCC)CCCC. The van der Waals surface area contributed by atoms with Gasteiger partial charge >= 0.3 is 0 Å². The third-order valence-electron chi connectivity index (χ3n) is 4.01. The van der Waals surface area contributed by atoms with Gasteiger partial charge in [-0.25, -0.2) is 0 Å².